The van der Waals surface area contributed by atoms with E-state index in [0.29, 0.717) is 18.2 Å². The molecule has 2 atom stereocenters. The summed E-state index contributed by atoms with van der Waals surface area (Å²) in [5.41, 5.74) is 0. The fourth-order valence-corrected chi connectivity index (χ4v) is 2.42. The molecule has 1 unspecified atom stereocenters. The Morgan fingerprint density at radius 3 is 3.10 bits per heavy atom. The lowest BCUT2D eigenvalue weighted by atomic mass is 10.1. The van der Waals surface area contributed by atoms with Gasteiger partial charge in [-0.1, -0.05) is 13.3 Å². The van der Waals surface area contributed by atoms with E-state index in [4.69, 9.17) is 14.2 Å². The minimum Gasteiger partial charge on any atom is -0.482 e. The molecule has 21 heavy (non-hydrogen) atoms. The van der Waals surface area contributed by atoms with Crippen LogP contribution in [0.4, 0.5) is 0 Å². The summed E-state index contributed by atoms with van der Waals surface area (Å²) in [6.07, 6.45) is 5.07. The van der Waals surface area contributed by atoms with Crippen LogP contribution < -0.4 is 14.8 Å². The molecule has 5 heteroatoms. The lowest BCUT2D eigenvalue weighted by molar-refractivity contribution is -0.0458. The van der Waals surface area contributed by atoms with Crippen LogP contribution in [-0.4, -0.2) is 43.5 Å². The van der Waals surface area contributed by atoms with E-state index < -0.39 is 0 Å². The predicted octanol–water partition coefficient (Wildman–Crippen LogP) is 2.41. The average Bonchev–Trinajstić information content (AvgIpc) is 2.54. The lowest BCUT2D eigenvalue weighted by Crippen LogP contribution is -2.47. The Bertz CT molecular complexity index is 408. The molecule has 1 aliphatic heterocycles. The molecule has 118 valence electrons. The molecular weight excluding hydrogens is 268 g/mol. The van der Waals surface area contributed by atoms with Crippen molar-refractivity contribution in [3.63, 3.8) is 0 Å². The summed E-state index contributed by atoms with van der Waals surface area (Å²) in [6, 6.07) is 3.78. The minimum atomic E-state index is 0.0288. The molecule has 1 aliphatic rings. The third kappa shape index (κ3) is 4.86. The van der Waals surface area contributed by atoms with Gasteiger partial charge in [-0.2, -0.15) is 0 Å². The fraction of sp³-hybridized carbons (Fsp3) is 0.688. The summed E-state index contributed by atoms with van der Waals surface area (Å²) in [6.45, 7) is 7.19. The monoisotopic (exact) mass is 294 g/mol. The molecule has 2 rings (SSSR count). The molecule has 0 saturated carbocycles. The number of pyridine rings is 1. The highest BCUT2D eigenvalue weighted by Gasteiger charge is 2.26. The number of morpholine rings is 1. The van der Waals surface area contributed by atoms with Crippen molar-refractivity contribution in [3.05, 3.63) is 18.3 Å². The molecule has 1 saturated heterocycles. The second kappa shape index (κ2) is 8.85. The summed E-state index contributed by atoms with van der Waals surface area (Å²) >= 11 is 0. The summed E-state index contributed by atoms with van der Waals surface area (Å²) in [5.74, 6) is 1.26. The van der Waals surface area contributed by atoms with E-state index in [1.807, 2.05) is 19.1 Å². The van der Waals surface area contributed by atoms with Gasteiger partial charge in [0.15, 0.2) is 5.75 Å². The summed E-state index contributed by atoms with van der Waals surface area (Å²) < 4.78 is 17.6. The molecule has 0 bridgehead atoms. The first-order valence-corrected chi connectivity index (χ1v) is 7.92. The quantitative estimate of drug-likeness (QED) is 0.798. The van der Waals surface area contributed by atoms with Gasteiger partial charge in [0.25, 0.3) is 5.88 Å². The number of aromatic nitrogens is 1. The zero-order chi connectivity index (χ0) is 14.9. The van der Waals surface area contributed by atoms with Crippen molar-refractivity contribution in [1.29, 1.82) is 0 Å². The molecule has 0 amide bonds. The van der Waals surface area contributed by atoms with Crippen molar-refractivity contribution in [2.45, 2.75) is 45.3 Å². The SMILES string of the molecule is CCCC[C@H](Oc1cccnc1OCC)C1CNCCO1. The first-order chi connectivity index (χ1) is 10.3. The number of hydrogen-bond acceptors (Lipinski definition) is 5. The highest BCUT2D eigenvalue weighted by Crippen LogP contribution is 2.27. The number of unbranched alkanes of at least 4 members (excludes halogenated alkanes) is 1. The Hall–Kier alpha value is -1.33. The average molecular weight is 294 g/mol. The van der Waals surface area contributed by atoms with Gasteiger partial charge >= 0.3 is 0 Å². The third-order valence-corrected chi connectivity index (χ3v) is 3.51. The van der Waals surface area contributed by atoms with E-state index >= 15 is 0 Å². The maximum absolute atomic E-state index is 6.19. The van der Waals surface area contributed by atoms with E-state index in [1.54, 1.807) is 6.20 Å². The minimum absolute atomic E-state index is 0.0288. The molecule has 2 heterocycles. The van der Waals surface area contributed by atoms with Crippen LogP contribution in [0.25, 0.3) is 0 Å². The maximum Gasteiger partial charge on any atom is 0.256 e. The second-order valence-electron chi connectivity index (χ2n) is 5.15. The maximum atomic E-state index is 6.19. The van der Waals surface area contributed by atoms with Gasteiger partial charge in [0, 0.05) is 19.3 Å². The molecule has 0 radical (unpaired) electrons. The van der Waals surface area contributed by atoms with Gasteiger partial charge < -0.3 is 19.5 Å². The zero-order valence-corrected chi connectivity index (χ0v) is 13.0. The van der Waals surface area contributed by atoms with Gasteiger partial charge in [0.2, 0.25) is 0 Å². The molecule has 0 aliphatic carbocycles. The molecule has 1 aromatic heterocycles. The molecule has 1 N–H and O–H groups in total. The Morgan fingerprint density at radius 1 is 1.48 bits per heavy atom. The van der Waals surface area contributed by atoms with E-state index in [9.17, 15) is 0 Å². The van der Waals surface area contributed by atoms with Crippen molar-refractivity contribution in [1.82, 2.24) is 10.3 Å². The van der Waals surface area contributed by atoms with Gasteiger partial charge in [0.1, 0.15) is 12.2 Å². The van der Waals surface area contributed by atoms with E-state index in [1.165, 1.54) is 0 Å². The highest BCUT2D eigenvalue weighted by molar-refractivity contribution is 5.32. The first kappa shape index (κ1) is 16.0. The number of nitrogens with zero attached hydrogens (tertiary/aromatic N) is 1. The largest absolute Gasteiger partial charge is 0.482 e. The first-order valence-electron chi connectivity index (χ1n) is 7.92. The summed E-state index contributed by atoms with van der Waals surface area (Å²) in [7, 11) is 0. The number of ether oxygens (including phenoxy) is 3. The zero-order valence-electron chi connectivity index (χ0n) is 13.0. The van der Waals surface area contributed by atoms with Crippen LogP contribution in [-0.2, 0) is 4.74 Å². The van der Waals surface area contributed by atoms with Crippen LogP contribution in [0, 0.1) is 0 Å². The summed E-state index contributed by atoms with van der Waals surface area (Å²) in [4.78, 5) is 4.24. The lowest BCUT2D eigenvalue weighted by Gasteiger charge is -2.31. The van der Waals surface area contributed by atoms with E-state index in [-0.39, 0.29) is 12.2 Å². The van der Waals surface area contributed by atoms with E-state index in [0.717, 1.165) is 39.0 Å². The predicted molar refractivity (Wildman–Crippen MR) is 82.0 cm³/mol. The number of rotatable bonds is 8. The molecule has 0 spiro atoms. The van der Waals surface area contributed by atoms with Crippen LogP contribution in [0.2, 0.25) is 0 Å². The Labute approximate surface area is 127 Å². The van der Waals surface area contributed by atoms with Crippen LogP contribution in [0.3, 0.4) is 0 Å². The van der Waals surface area contributed by atoms with Gasteiger partial charge in [-0.05, 0) is 31.9 Å². The molecular formula is C16H26N2O3. The topological polar surface area (TPSA) is 52.6 Å². The third-order valence-electron chi connectivity index (χ3n) is 3.51. The smallest absolute Gasteiger partial charge is 0.256 e. The highest BCUT2D eigenvalue weighted by atomic mass is 16.6. The van der Waals surface area contributed by atoms with Crippen molar-refractivity contribution in [2.24, 2.45) is 0 Å². The van der Waals surface area contributed by atoms with Crippen molar-refractivity contribution in [2.75, 3.05) is 26.3 Å². The van der Waals surface area contributed by atoms with Crippen molar-refractivity contribution in [3.8, 4) is 11.6 Å². The van der Waals surface area contributed by atoms with Crippen molar-refractivity contribution >= 4 is 0 Å². The van der Waals surface area contributed by atoms with Crippen LogP contribution >= 0.6 is 0 Å². The standard InChI is InChI=1S/C16H26N2O3/c1-3-5-7-13(15-12-17-10-11-20-15)21-14-8-6-9-18-16(14)19-4-2/h6,8-9,13,15,17H,3-5,7,10-12H2,1-2H3/t13-,15?/m0/s1. The molecule has 0 aromatic carbocycles. The summed E-state index contributed by atoms with van der Waals surface area (Å²) in [5, 5.41) is 3.37. The molecule has 1 fully saturated rings. The van der Waals surface area contributed by atoms with Crippen LogP contribution in [0.1, 0.15) is 33.1 Å². The molecule has 1 aromatic rings. The van der Waals surface area contributed by atoms with Gasteiger partial charge in [-0.15, -0.1) is 0 Å². The Morgan fingerprint density at radius 2 is 2.38 bits per heavy atom. The van der Waals surface area contributed by atoms with Gasteiger partial charge in [-0.25, -0.2) is 4.98 Å². The van der Waals surface area contributed by atoms with Crippen LogP contribution in [0.5, 0.6) is 11.6 Å². The Balaban J connectivity index is 2.06. The second-order valence-corrected chi connectivity index (χ2v) is 5.15. The van der Waals surface area contributed by atoms with E-state index in [2.05, 4.69) is 17.2 Å². The van der Waals surface area contributed by atoms with Gasteiger partial charge in [0.05, 0.1) is 13.2 Å². The van der Waals surface area contributed by atoms with Crippen molar-refractivity contribution < 1.29 is 14.2 Å². The normalized spacial score (nSPS) is 20.0. The molecule has 5 nitrogen and oxygen atoms in total. The number of hydrogen-bond donors (Lipinski definition) is 1. The van der Waals surface area contributed by atoms with Gasteiger partial charge in [-0.3, -0.25) is 0 Å². The van der Waals surface area contributed by atoms with Crippen LogP contribution in [0.15, 0.2) is 18.3 Å². The number of nitrogens with one attached hydrogen (secondary N) is 1. The fourth-order valence-electron chi connectivity index (χ4n) is 2.42. The Kier molecular flexibility index (Phi) is 6.76.